The first-order valence-electron chi connectivity index (χ1n) is 4.72. The fourth-order valence-electron chi connectivity index (χ4n) is 1.78. The molecule has 0 bridgehead atoms. The van der Waals surface area contributed by atoms with Crippen molar-refractivity contribution >= 4 is 17.5 Å². The molecule has 0 aliphatic carbocycles. The summed E-state index contributed by atoms with van der Waals surface area (Å²) in [6.45, 7) is 2.02. The molecule has 1 aromatic carbocycles. The maximum Gasteiger partial charge on any atom is 0.220 e. The Labute approximate surface area is 88.3 Å². The SMILES string of the molecule is Cc1ccc(Cl)c([C@@H]2CCC(=O)N2)c1. The van der Waals surface area contributed by atoms with Crippen molar-refractivity contribution in [2.45, 2.75) is 25.8 Å². The zero-order valence-electron chi connectivity index (χ0n) is 8.01. The summed E-state index contributed by atoms with van der Waals surface area (Å²) in [4.78, 5) is 11.1. The molecule has 2 rings (SSSR count). The van der Waals surface area contributed by atoms with Crippen LogP contribution in [0.15, 0.2) is 18.2 Å². The van der Waals surface area contributed by atoms with Crippen LogP contribution in [0.2, 0.25) is 5.02 Å². The number of aryl methyl sites for hydroxylation is 1. The van der Waals surface area contributed by atoms with E-state index >= 15 is 0 Å². The molecule has 1 N–H and O–H groups in total. The van der Waals surface area contributed by atoms with Crippen molar-refractivity contribution in [1.29, 1.82) is 0 Å². The molecule has 0 saturated carbocycles. The molecule has 0 radical (unpaired) electrons. The smallest absolute Gasteiger partial charge is 0.220 e. The van der Waals surface area contributed by atoms with Crippen molar-refractivity contribution in [1.82, 2.24) is 5.32 Å². The molecule has 1 heterocycles. The Morgan fingerprint density at radius 3 is 2.93 bits per heavy atom. The van der Waals surface area contributed by atoms with Crippen LogP contribution in [0.25, 0.3) is 0 Å². The molecular weight excluding hydrogens is 198 g/mol. The largest absolute Gasteiger partial charge is 0.349 e. The minimum atomic E-state index is 0.106. The summed E-state index contributed by atoms with van der Waals surface area (Å²) in [7, 11) is 0. The zero-order valence-corrected chi connectivity index (χ0v) is 8.77. The van der Waals surface area contributed by atoms with Gasteiger partial charge in [-0.1, -0.05) is 29.3 Å². The van der Waals surface area contributed by atoms with Crippen LogP contribution in [0.5, 0.6) is 0 Å². The van der Waals surface area contributed by atoms with Crippen molar-refractivity contribution in [2.75, 3.05) is 0 Å². The highest BCUT2D eigenvalue weighted by molar-refractivity contribution is 6.31. The van der Waals surface area contributed by atoms with Crippen LogP contribution in [0.4, 0.5) is 0 Å². The van der Waals surface area contributed by atoms with Crippen LogP contribution >= 0.6 is 11.6 Å². The van der Waals surface area contributed by atoms with E-state index in [-0.39, 0.29) is 11.9 Å². The Bertz CT molecular complexity index is 376. The third-order valence-electron chi connectivity index (χ3n) is 2.52. The Morgan fingerprint density at radius 2 is 2.29 bits per heavy atom. The highest BCUT2D eigenvalue weighted by Gasteiger charge is 2.23. The van der Waals surface area contributed by atoms with Gasteiger partial charge in [-0.2, -0.15) is 0 Å². The summed E-state index contributed by atoms with van der Waals surface area (Å²) in [5.74, 6) is 0.118. The molecule has 1 amide bonds. The molecule has 14 heavy (non-hydrogen) atoms. The van der Waals surface area contributed by atoms with E-state index in [1.165, 1.54) is 5.56 Å². The molecule has 1 atom stereocenters. The van der Waals surface area contributed by atoms with E-state index in [4.69, 9.17) is 11.6 Å². The molecule has 74 valence electrons. The van der Waals surface area contributed by atoms with Gasteiger partial charge in [-0.3, -0.25) is 4.79 Å². The molecule has 0 spiro atoms. The first kappa shape index (κ1) is 9.53. The van der Waals surface area contributed by atoms with Crippen molar-refractivity contribution in [3.05, 3.63) is 34.3 Å². The zero-order chi connectivity index (χ0) is 10.1. The topological polar surface area (TPSA) is 29.1 Å². The second-order valence-corrected chi connectivity index (χ2v) is 4.09. The Balaban J connectivity index is 2.31. The highest BCUT2D eigenvalue weighted by Crippen LogP contribution is 2.30. The van der Waals surface area contributed by atoms with Gasteiger partial charge in [0.05, 0.1) is 6.04 Å². The summed E-state index contributed by atoms with van der Waals surface area (Å²) in [5.41, 5.74) is 2.21. The summed E-state index contributed by atoms with van der Waals surface area (Å²) in [6, 6.07) is 6.01. The van der Waals surface area contributed by atoms with E-state index in [1.807, 2.05) is 25.1 Å². The van der Waals surface area contributed by atoms with Gasteiger partial charge in [0.2, 0.25) is 5.91 Å². The van der Waals surface area contributed by atoms with Crippen molar-refractivity contribution in [2.24, 2.45) is 0 Å². The number of carbonyl (C=O) groups is 1. The first-order chi connectivity index (χ1) is 6.66. The number of hydrogen-bond acceptors (Lipinski definition) is 1. The predicted molar refractivity (Wildman–Crippen MR) is 56.3 cm³/mol. The summed E-state index contributed by atoms with van der Waals surface area (Å²) >= 11 is 6.07. The number of amides is 1. The van der Waals surface area contributed by atoms with E-state index < -0.39 is 0 Å². The third-order valence-corrected chi connectivity index (χ3v) is 2.87. The maximum absolute atomic E-state index is 11.1. The number of benzene rings is 1. The fourth-order valence-corrected chi connectivity index (χ4v) is 2.03. The lowest BCUT2D eigenvalue weighted by molar-refractivity contribution is -0.119. The van der Waals surface area contributed by atoms with Gasteiger partial charge >= 0.3 is 0 Å². The van der Waals surface area contributed by atoms with Gasteiger partial charge in [-0.15, -0.1) is 0 Å². The average Bonchev–Trinajstić information content (AvgIpc) is 2.56. The molecule has 3 heteroatoms. The number of nitrogens with one attached hydrogen (secondary N) is 1. The number of carbonyl (C=O) groups excluding carboxylic acids is 1. The second kappa shape index (κ2) is 3.62. The van der Waals surface area contributed by atoms with E-state index in [9.17, 15) is 4.79 Å². The van der Waals surface area contributed by atoms with Crippen LogP contribution < -0.4 is 5.32 Å². The van der Waals surface area contributed by atoms with Crippen LogP contribution in [0, 0.1) is 6.92 Å². The molecule has 1 aromatic rings. The monoisotopic (exact) mass is 209 g/mol. The normalized spacial score (nSPS) is 21.0. The van der Waals surface area contributed by atoms with Crippen molar-refractivity contribution in [3.8, 4) is 0 Å². The minimum Gasteiger partial charge on any atom is -0.349 e. The molecule has 1 aliphatic heterocycles. The van der Waals surface area contributed by atoms with Gasteiger partial charge in [0.25, 0.3) is 0 Å². The Morgan fingerprint density at radius 1 is 1.50 bits per heavy atom. The summed E-state index contributed by atoms with van der Waals surface area (Å²) < 4.78 is 0. The lowest BCUT2D eigenvalue weighted by Crippen LogP contribution is -2.18. The van der Waals surface area contributed by atoms with E-state index in [0.717, 1.165) is 17.0 Å². The molecule has 1 aliphatic rings. The highest BCUT2D eigenvalue weighted by atomic mass is 35.5. The second-order valence-electron chi connectivity index (χ2n) is 3.68. The predicted octanol–water partition coefficient (Wildman–Crippen LogP) is 2.60. The van der Waals surface area contributed by atoms with Gasteiger partial charge in [-0.05, 0) is 25.0 Å². The fraction of sp³-hybridized carbons (Fsp3) is 0.364. The van der Waals surface area contributed by atoms with Gasteiger partial charge in [0.15, 0.2) is 0 Å². The van der Waals surface area contributed by atoms with Gasteiger partial charge in [-0.25, -0.2) is 0 Å². The van der Waals surface area contributed by atoms with E-state index in [0.29, 0.717) is 6.42 Å². The van der Waals surface area contributed by atoms with Crippen LogP contribution in [-0.2, 0) is 4.79 Å². The maximum atomic E-state index is 11.1. The molecule has 2 nitrogen and oxygen atoms in total. The standard InChI is InChI=1S/C11H12ClNO/c1-7-2-3-9(12)8(6-7)10-4-5-11(14)13-10/h2-3,6,10H,4-5H2,1H3,(H,13,14)/t10-/m0/s1. The molecule has 1 fully saturated rings. The van der Waals surface area contributed by atoms with E-state index in [2.05, 4.69) is 5.32 Å². The van der Waals surface area contributed by atoms with Crippen molar-refractivity contribution in [3.63, 3.8) is 0 Å². The van der Waals surface area contributed by atoms with Crippen LogP contribution in [-0.4, -0.2) is 5.91 Å². The van der Waals surface area contributed by atoms with Crippen molar-refractivity contribution < 1.29 is 4.79 Å². The summed E-state index contributed by atoms with van der Waals surface area (Å²) in [5, 5.41) is 3.65. The number of hydrogen-bond donors (Lipinski definition) is 1. The number of halogens is 1. The minimum absolute atomic E-state index is 0.106. The number of rotatable bonds is 1. The average molecular weight is 210 g/mol. The molecular formula is C11H12ClNO. The Hall–Kier alpha value is -1.02. The lowest BCUT2D eigenvalue weighted by atomic mass is 10.0. The Kier molecular flexibility index (Phi) is 2.46. The summed E-state index contributed by atoms with van der Waals surface area (Å²) in [6.07, 6.45) is 1.46. The third kappa shape index (κ3) is 1.75. The molecule has 1 saturated heterocycles. The van der Waals surface area contributed by atoms with Crippen LogP contribution in [0.1, 0.15) is 30.0 Å². The van der Waals surface area contributed by atoms with Gasteiger partial charge in [0.1, 0.15) is 0 Å². The van der Waals surface area contributed by atoms with Gasteiger partial charge < -0.3 is 5.32 Å². The van der Waals surface area contributed by atoms with E-state index in [1.54, 1.807) is 0 Å². The van der Waals surface area contributed by atoms with Gasteiger partial charge in [0, 0.05) is 11.4 Å². The molecule has 0 aromatic heterocycles. The lowest BCUT2D eigenvalue weighted by Gasteiger charge is -2.12. The first-order valence-corrected chi connectivity index (χ1v) is 5.10. The quantitative estimate of drug-likeness (QED) is 0.757. The molecule has 0 unspecified atom stereocenters. The van der Waals surface area contributed by atoms with Crippen LogP contribution in [0.3, 0.4) is 0 Å².